The van der Waals surface area contributed by atoms with Gasteiger partial charge in [0.15, 0.2) is 5.82 Å². The van der Waals surface area contributed by atoms with Gasteiger partial charge < -0.3 is 20.3 Å². The summed E-state index contributed by atoms with van der Waals surface area (Å²) < 4.78 is 43.4. The number of anilines is 3. The molecule has 0 unspecified atom stereocenters. The van der Waals surface area contributed by atoms with Crippen molar-refractivity contribution in [2.24, 2.45) is 0 Å². The third-order valence-electron chi connectivity index (χ3n) is 5.13. The molecule has 3 aromatic rings. The standard InChI is InChI=1S/C20H25F3N8O/c1-2-14-12-30(8-7-24-14)19-27-15-11-26-31(9-10-32-13-20(21,22)23)17(15)18(29-19)28-16-5-3-4-6-25-16/h3-6,11,14,24H,2,7-10,12-13H2,1H3,(H,25,27,28,29)/t14-/m1/s1. The summed E-state index contributed by atoms with van der Waals surface area (Å²) in [5.74, 6) is 1.65. The molecule has 4 rings (SSSR count). The molecule has 0 aromatic carbocycles. The van der Waals surface area contributed by atoms with Crippen LogP contribution in [-0.2, 0) is 11.3 Å². The summed E-state index contributed by atoms with van der Waals surface area (Å²) in [6.07, 6.45) is -0.122. The first kappa shape index (κ1) is 22.2. The molecule has 3 aromatic heterocycles. The zero-order valence-corrected chi connectivity index (χ0v) is 17.6. The van der Waals surface area contributed by atoms with E-state index in [1.807, 2.05) is 6.07 Å². The smallest absolute Gasteiger partial charge is 0.370 e. The molecule has 1 atom stereocenters. The maximum Gasteiger partial charge on any atom is 0.411 e. The molecule has 1 aliphatic rings. The van der Waals surface area contributed by atoms with Gasteiger partial charge in [-0.1, -0.05) is 13.0 Å². The van der Waals surface area contributed by atoms with E-state index in [1.54, 1.807) is 29.2 Å². The van der Waals surface area contributed by atoms with Gasteiger partial charge in [-0.15, -0.1) is 0 Å². The summed E-state index contributed by atoms with van der Waals surface area (Å²) in [6.45, 7) is 3.20. The first-order valence-electron chi connectivity index (χ1n) is 10.5. The molecule has 1 aliphatic heterocycles. The molecule has 0 aliphatic carbocycles. The molecule has 0 radical (unpaired) electrons. The first-order valence-corrected chi connectivity index (χ1v) is 10.5. The van der Waals surface area contributed by atoms with Crippen molar-refractivity contribution in [2.75, 3.05) is 43.1 Å². The van der Waals surface area contributed by atoms with Crippen molar-refractivity contribution in [1.82, 2.24) is 30.0 Å². The first-order chi connectivity index (χ1) is 15.4. The Morgan fingerprint density at radius 1 is 1.28 bits per heavy atom. The minimum Gasteiger partial charge on any atom is -0.370 e. The van der Waals surface area contributed by atoms with Crippen LogP contribution in [0.4, 0.5) is 30.8 Å². The molecule has 0 spiro atoms. The number of piperazine rings is 1. The molecule has 0 bridgehead atoms. The predicted octanol–water partition coefficient (Wildman–Crippen LogP) is 2.73. The van der Waals surface area contributed by atoms with Crippen LogP contribution >= 0.6 is 0 Å². The Morgan fingerprint density at radius 3 is 2.91 bits per heavy atom. The van der Waals surface area contributed by atoms with Gasteiger partial charge >= 0.3 is 6.18 Å². The van der Waals surface area contributed by atoms with Crippen LogP contribution in [0.3, 0.4) is 0 Å². The number of aromatic nitrogens is 5. The minimum absolute atomic E-state index is 0.130. The second-order valence-corrected chi connectivity index (χ2v) is 7.49. The van der Waals surface area contributed by atoms with Crippen LogP contribution in [0.25, 0.3) is 11.0 Å². The molecule has 172 valence electrons. The Balaban J connectivity index is 1.63. The molecule has 1 fully saturated rings. The number of fused-ring (bicyclic) bond motifs is 1. The van der Waals surface area contributed by atoms with Crippen molar-refractivity contribution >= 4 is 28.6 Å². The number of nitrogens with one attached hydrogen (secondary N) is 2. The van der Waals surface area contributed by atoms with Crippen molar-refractivity contribution in [3.05, 3.63) is 30.6 Å². The fourth-order valence-electron chi connectivity index (χ4n) is 3.56. The third-order valence-corrected chi connectivity index (χ3v) is 5.13. The van der Waals surface area contributed by atoms with E-state index < -0.39 is 12.8 Å². The fraction of sp³-hybridized carbons (Fsp3) is 0.500. The van der Waals surface area contributed by atoms with Crippen molar-refractivity contribution in [3.8, 4) is 0 Å². The van der Waals surface area contributed by atoms with Crippen molar-refractivity contribution in [2.45, 2.75) is 32.1 Å². The average Bonchev–Trinajstić information content (AvgIpc) is 3.20. The Bertz CT molecular complexity index is 1030. The van der Waals surface area contributed by atoms with E-state index in [0.29, 0.717) is 34.7 Å². The second-order valence-electron chi connectivity index (χ2n) is 7.49. The summed E-state index contributed by atoms with van der Waals surface area (Å²) in [7, 11) is 0. The highest BCUT2D eigenvalue weighted by molar-refractivity contribution is 5.88. The number of alkyl halides is 3. The van der Waals surface area contributed by atoms with Gasteiger partial charge in [-0.3, -0.25) is 4.68 Å². The average molecular weight is 450 g/mol. The van der Waals surface area contributed by atoms with Crippen LogP contribution < -0.4 is 15.5 Å². The molecular formula is C20H25F3N8O. The van der Waals surface area contributed by atoms with E-state index in [1.165, 1.54) is 0 Å². The number of halogens is 3. The molecule has 9 nitrogen and oxygen atoms in total. The Morgan fingerprint density at radius 2 is 2.16 bits per heavy atom. The number of nitrogens with zero attached hydrogens (tertiary/aromatic N) is 6. The molecule has 32 heavy (non-hydrogen) atoms. The van der Waals surface area contributed by atoms with Gasteiger partial charge in [0.2, 0.25) is 5.95 Å². The lowest BCUT2D eigenvalue weighted by Gasteiger charge is -2.33. The molecule has 1 saturated heterocycles. The summed E-state index contributed by atoms with van der Waals surface area (Å²) >= 11 is 0. The van der Waals surface area contributed by atoms with Crippen LogP contribution in [0.5, 0.6) is 0 Å². The highest BCUT2D eigenvalue weighted by Gasteiger charge is 2.27. The summed E-state index contributed by atoms with van der Waals surface area (Å²) in [5.41, 5.74) is 1.17. The van der Waals surface area contributed by atoms with Crippen LogP contribution in [0.15, 0.2) is 30.6 Å². The van der Waals surface area contributed by atoms with Gasteiger partial charge in [-0.25, -0.2) is 9.97 Å². The van der Waals surface area contributed by atoms with Gasteiger partial charge in [0.25, 0.3) is 0 Å². The highest BCUT2D eigenvalue weighted by Crippen LogP contribution is 2.26. The van der Waals surface area contributed by atoms with E-state index in [4.69, 9.17) is 9.72 Å². The Labute approximate surface area is 183 Å². The Kier molecular flexibility index (Phi) is 6.70. The second kappa shape index (κ2) is 9.65. The quantitative estimate of drug-likeness (QED) is 0.506. The minimum atomic E-state index is -4.37. The van der Waals surface area contributed by atoms with Crippen LogP contribution in [0.2, 0.25) is 0 Å². The molecule has 0 saturated carbocycles. The van der Waals surface area contributed by atoms with E-state index in [0.717, 1.165) is 26.1 Å². The summed E-state index contributed by atoms with van der Waals surface area (Å²) in [6, 6.07) is 5.81. The monoisotopic (exact) mass is 450 g/mol. The van der Waals surface area contributed by atoms with Gasteiger partial charge in [0.1, 0.15) is 23.5 Å². The lowest BCUT2D eigenvalue weighted by Crippen LogP contribution is -2.51. The summed E-state index contributed by atoms with van der Waals surface area (Å²) in [4.78, 5) is 15.8. The number of pyridine rings is 1. The molecular weight excluding hydrogens is 425 g/mol. The van der Waals surface area contributed by atoms with Crippen LogP contribution in [0, 0.1) is 0 Å². The SMILES string of the molecule is CC[C@@H]1CN(c2nc(Nc3ccccn3)c3c(cnn3CCOCC(F)(F)F)n2)CCN1. The maximum absolute atomic E-state index is 12.4. The third kappa shape index (κ3) is 5.43. The Hall–Kier alpha value is -2.99. The molecule has 2 N–H and O–H groups in total. The lowest BCUT2D eigenvalue weighted by molar-refractivity contribution is -0.174. The fourth-order valence-corrected chi connectivity index (χ4v) is 3.56. The van der Waals surface area contributed by atoms with Gasteiger partial charge in [-0.05, 0) is 18.6 Å². The van der Waals surface area contributed by atoms with Crippen molar-refractivity contribution in [3.63, 3.8) is 0 Å². The van der Waals surface area contributed by atoms with Gasteiger partial charge in [-0.2, -0.15) is 23.3 Å². The lowest BCUT2D eigenvalue weighted by atomic mass is 10.2. The maximum atomic E-state index is 12.4. The molecule has 4 heterocycles. The number of ether oxygens (including phenoxy) is 1. The van der Waals surface area contributed by atoms with Gasteiger partial charge in [0, 0.05) is 31.9 Å². The predicted molar refractivity (Wildman–Crippen MR) is 114 cm³/mol. The molecule has 0 amide bonds. The van der Waals surface area contributed by atoms with E-state index >= 15 is 0 Å². The van der Waals surface area contributed by atoms with E-state index in [9.17, 15) is 13.2 Å². The summed E-state index contributed by atoms with van der Waals surface area (Å²) in [5, 5.41) is 11.0. The topological polar surface area (TPSA) is 93.0 Å². The van der Waals surface area contributed by atoms with Crippen molar-refractivity contribution < 1.29 is 17.9 Å². The van der Waals surface area contributed by atoms with E-state index in [2.05, 4.69) is 37.5 Å². The van der Waals surface area contributed by atoms with Crippen LogP contribution in [0.1, 0.15) is 13.3 Å². The number of hydrogen-bond acceptors (Lipinski definition) is 8. The number of rotatable bonds is 8. The largest absolute Gasteiger partial charge is 0.411 e. The zero-order chi connectivity index (χ0) is 22.6. The van der Waals surface area contributed by atoms with Crippen molar-refractivity contribution in [1.29, 1.82) is 0 Å². The highest BCUT2D eigenvalue weighted by atomic mass is 19.4. The molecule has 12 heteroatoms. The zero-order valence-electron chi connectivity index (χ0n) is 17.6. The van der Waals surface area contributed by atoms with Crippen LogP contribution in [-0.4, -0.2) is 69.8 Å². The normalized spacial score (nSPS) is 17.1. The number of hydrogen-bond donors (Lipinski definition) is 2. The van der Waals surface area contributed by atoms with Gasteiger partial charge in [0.05, 0.1) is 19.3 Å². The van der Waals surface area contributed by atoms with E-state index in [-0.39, 0.29) is 13.2 Å².